The summed E-state index contributed by atoms with van der Waals surface area (Å²) in [6.07, 6.45) is 3.91. The van der Waals surface area contributed by atoms with Crippen molar-refractivity contribution in [2.75, 3.05) is 12.3 Å². The Morgan fingerprint density at radius 2 is 2.00 bits per heavy atom. The Kier molecular flexibility index (Phi) is 9.16. The van der Waals surface area contributed by atoms with Gasteiger partial charge in [0.15, 0.2) is 0 Å². The minimum atomic E-state index is -0.191. The van der Waals surface area contributed by atoms with Crippen LogP contribution >= 0.6 is 11.8 Å². The van der Waals surface area contributed by atoms with Gasteiger partial charge in [0.2, 0.25) is 0 Å². The van der Waals surface area contributed by atoms with E-state index in [1.54, 1.807) is 11.8 Å². The molecule has 4 heteroatoms. The summed E-state index contributed by atoms with van der Waals surface area (Å²) in [6, 6.07) is 10.4. The molecule has 0 aliphatic heterocycles. The molecule has 0 radical (unpaired) electrons. The van der Waals surface area contributed by atoms with E-state index in [4.69, 9.17) is 5.73 Å². The van der Waals surface area contributed by atoms with E-state index in [2.05, 4.69) is 29.3 Å². The molecule has 0 spiro atoms. The summed E-state index contributed by atoms with van der Waals surface area (Å²) in [5, 5.41) is 9.90. The third-order valence-corrected chi connectivity index (χ3v) is 4.14. The fraction of sp³-hybridized carbons (Fsp3) is 0.562. The number of unbranched alkanes of at least 4 members (excludes halogenated alkanes) is 2. The van der Waals surface area contributed by atoms with Crippen molar-refractivity contribution in [1.82, 2.24) is 0 Å². The Bertz CT molecular complexity index is 377. The zero-order valence-electron chi connectivity index (χ0n) is 12.3. The predicted molar refractivity (Wildman–Crippen MR) is 89.2 cm³/mol. The van der Waals surface area contributed by atoms with Gasteiger partial charge in [0.25, 0.3) is 0 Å². The van der Waals surface area contributed by atoms with E-state index in [1.807, 2.05) is 13.0 Å². The summed E-state index contributed by atoms with van der Waals surface area (Å²) in [7, 11) is 0. The minimum Gasteiger partial charge on any atom is -0.392 e. The molecule has 1 unspecified atom stereocenters. The van der Waals surface area contributed by atoms with Crippen LogP contribution in [0, 0.1) is 0 Å². The lowest BCUT2D eigenvalue weighted by Gasteiger charge is -2.10. The van der Waals surface area contributed by atoms with Gasteiger partial charge in [0.05, 0.1) is 11.9 Å². The van der Waals surface area contributed by atoms with Crippen LogP contribution in [-0.4, -0.2) is 29.3 Å². The van der Waals surface area contributed by atoms with Crippen molar-refractivity contribution in [2.24, 2.45) is 10.7 Å². The number of aliphatic imine (C=N–C) groups is 1. The SMILES string of the molecule is CC(N)=NCCCCCC(O)CSCc1ccccc1. The van der Waals surface area contributed by atoms with E-state index < -0.39 is 0 Å². The van der Waals surface area contributed by atoms with E-state index in [0.717, 1.165) is 43.7 Å². The van der Waals surface area contributed by atoms with Crippen LogP contribution in [0.25, 0.3) is 0 Å². The van der Waals surface area contributed by atoms with Crippen molar-refractivity contribution in [3.8, 4) is 0 Å². The number of nitrogens with zero attached hydrogens (tertiary/aromatic N) is 1. The predicted octanol–water partition coefficient (Wildman–Crippen LogP) is 3.22. The zero-order valence-corrected chi connectivity index (χ0v) is 13.1. The van der Waals surface area contributed by atoms with Crippen molar-refractivity contribution >= 4 is 17.6 Å². The summed E-state index contributed by atoms with van der Waals surface area (Å²) < 4.78 is 0. The van der Waals surface area contributed by atoms with Crippen LogP contribution in [0.1, 0.15) is 38.2 Å². The topological polar surface area (TPSA) is 58.6 Å². The summed E-state index contributed by atoms with van der Waals surface area (Å²) in [5.74, 6) is 2.44. The van der Waals surface area contributed by atoms with Crippen LogP contribution in [0.4, 0.5) is 0 Å². The molecule has 1 aromatic rings. The number of thioether (sulfide) groups is 1. The molecule has 112 valence electrons. The third-order valence-electron chi connectivity index (χ3n) is 2.98. The largest absolute Gasteiger partial charge is 0.392 e. The van der Waals surface area contributed by atoms with Crippen LogP contribution < -0.4 is 5.73 Å². The highest BCUT2D eigenvalue weighted by molar-refractivity contribution is 7.98. The highest BCUT2D eigenvalue weighted by atomic mass is 32.2. The van der Waals surface area contributed by atoms with Crippen LogP contribution in [0.5, 0.6) is 0 Å². The molecule has 3 N–H and O–H groups in total. The van der Waals surface area contributed by atoms with E-state index in [0.29, 0.717) is 5.84 Å². The average molecular weight is 294 g/mol. The molecule has 0 amide bonds. The molecule has 0 saturated heterocycles. The quantitative estimate of drug-likeness (QED) is 0.396. The van der Waals surface area contributed by atoms with Gasteiger partial charge in [-0.3, -0.25) is 4.99 Å². The first-order chi connectivity index (χ1) is 9.68. The van der Waals surface area contributed by atoms with Crippen LogP contribution in [-0.2, 0) is 5.75 Å². The Morgan fingerprint density at radius 3 is 2.70 bits per heavy atom. The standard InChI is InChI=1S/C16H26N2OS/c1-14(17)18-11-7-3-6-10-16(19)13-20-12-15-8-4-2-5-9-15/h2,4-5,8-9,16,19H,3,6-7,10-13H2,1H3,(H2,17,18). The molecule has 0 aromatic heterocycles. The number of nitrogens with two attached hydrogens (primary N) is 1. The van der Waals surface area contributed by atoms with Gasteiger partial charge in [0, 0.05) is 18.1 Å². The molecule has 0 fully saturated rings. The van der Waals surface area contributed by atoms with Gasteiger partial charge >= 0.3 is 0 Å². The van der Waals surface area contributed by atoms with Crippen molar-refractivity contribution in [1.29, 1.82) is 0 Å². The summed E-state index contributed by atoms with van der Waals surface area (Å²) in [6.45, 7) is 2.62. The monoisotopic (exact) mass is 294 g/mol. The molecular weight excluding hydrogens is 268 g/mol. The van der Waals surface area contributed by atoms with Crippen molar-refractivity contribution in [2.45, 2.75) is 44.5 Å². The second kappa shape index (κ2) is 10.7. The number of benzene rings is 1. The van der Waals surface area contributed by atoms with E-state index in [1.165, 1.54) is 5.56 Å². The third kappa shape index (κ3) is 8.99. The van der Waals surface area contributed by atoms with Gasteiger partial charge in [0.1, 0.15) is 0 Å². The molecule has 3 nitrogen and oxygen atoms in total. The first-order valence-electron chi connectivity index (χ1n) is 7.24. The zero-order chi connectivity index (χ0) is 14.6. The number of hydrogen-bond acceptors (Lipinski definition) is 3. The lowest BCUT2D eigenvalue weighted by atomic mass is 10.1. The first-order valence-corrected chi connectivity index (χ1v) is 8.40. The van der Waals surface area contributed by atoms with Gasteiger partial charge in [-0.2, -0.15) is 11.8 Å². The second-order valence-electron chi connectivity index (χ2n) is 5.03. The van der Waals surface area contributed by atoms with Crippen LogP contribution in [0.15, 0.2) is 35.3 Å². The van der Waals surface area contributed by atoms with Crippen LogP contribution in [0.2, 0.25) is 0 Å². The minimum absolute atomic E-state index is 0.191. The summed E-state index contributed by atoms with van der Waals surface area (Å²) in [4.78, 5) is 4.15. The Balaban J connectivity index is 1.98. The number of amidine groups is 1. The first kappa shape index (κ1) is 17.1. The molecule has 0 bridgehead atoms. The fourth-order valence-corrected chi connectivity index (χ4v) is 2.88. The van der Waals surface area contributed by atoms with Gasteiger partial charge in [-0.05, 0) is 25.3 Å². The molecule has 20 heavy (non-hydrogen) atoms. The van der Waals surface area contributed by atoms with Gasteiger partial charge in [-0.25, -0.2) is 0 Å². The van der Waals surface area contributed by atoms with Crippen molar-refractivity contribution in [3.63, 3.8) is 0 Å². The Hall–Kier alpha value is -1.00. The smallest absolute Gasteiger partial charge is 0.0905 e. The lowest BCUT2D eigenvalue weighted by molar-refractivity contribution is 0.185. The molecule has 0 saturated carbocycles. The van der Waals surface area contributed by atoms with Crippen LogP contribution in [0.3, 0.4) is 0 Å². The molecule has 1 rings (SSSR count). The van der Waals surface area contributed by atoms with E-state index in [9.17, 15) is 5.11 Å². The second-order valence-corrected chi connectivity index (χ2v) is 6.06. The van der Waals surface area contributed by atoms with E-state index >= 15 is 0 Å². The molecule has 1 aromatic carbocycles. The normalized spacial score (nSPS) is 13.4. The maximum Gasteiger partial charge on any atom is 0.0905 e. The highest BCUT2D eigenvalue weighted by Gasteiger charge is 2.04. The highest BCUT2D eigenvalue weighted by Crippen LogP contribution is 2.15. The van der Waals surface area contributed by atoms with E-state index in [-0.39, 0.29) is 6.10 Å². The molecule has 0 heterocycles. The number of rotatable bonds is 10. The van der Waals surface area contributed by atoms with Gasteiger partial charge in [-0.15, -0.1) is 0 Å². The number of hydrogen-bond donors (Lipinski definition) is 2. The number of aliphatic hydroxyl groups is 1. The maximum absolute atomic E-state index is 9.90. The molecular formula is C16H26N2OS. The average Bonchev–Trinajstić information content (AvgIpc) is 2.43. The maximum atomic E-state index is 9.90. The van der Waals surface area contributed by atoms with Gasteiger partial charge < -0.3 is 10.8 Å². The molecule has 1 atom stereocenters. The van der Waals surface area contributed by atoms with Crippen molar-refractivity contribution < 1.29 is 5.11 Å². The molecule has 0 aliphatic carbocycles. The molecule has 0 aliphatic rings. The Morgan fingerprint density at radius 1 is 1.25 bits per heavy atom. The summed E-state index contributed by atoms with van der Waals surface area (Å²) in [5.41, 5.74) is 6.78. The Labute approximate surface area is 126 Å². The number of aliphatic hydroxyl groups excluding tert-OH is 1. The summed E-state index contributed by atoms with van der Waals surface area (Å²) >= 11 is 1.80. The lowest BCUT2D eigenvalue weighted by Crippen LogP contribution is -2.10. The van der Waals surface area contributed by atoms with Crippen molar-refractivity contribution in [3.05, 3.63) is 35.9 Å². The fourth-order valence-electron chi connectivity index (χ4n) is 1.89. The van der Waals surface area contributed by atoms with Gasteiger partial charge in [-0.1, -0.05) is 43.2 Å².